The van der Waals surface area contributed by atoms with Gasteiger partial charge in [0.1, 0.15) is 5.75 Å². The van der Waals surface area contributed by atoms with E-state index in [1.807, 2.05) is 12.1 Å². The van der Waals surface area contributed by atoms with Gasteiger partial charge >= 0.3 is 0 Å². The molecule has 0 unspecified atom stereocenters. The van der Waals surface area contributed by atoms with Crippen LogP contribution in [0.1, 0.15) is 34.6 Å². The molecule has 0 amide bonds. The highest BCUT2D eigenvalue weighted by Crippen LogP contribution is 2.29. The van der Waals surface area contributed by atoms with Crippen LogP contribution in [-0.2, 0) is 0 Å². The second kappa shape index (κ2) is 5.65. The molecule has 0 fully saturated rings. The second-order valence-electron chi connectivity index (χ2n) is 4.45. The maximum absolute atomic E-state index is 11.8. The van der Waals surface area contributed by atoms with Crippen molar-refractivity contribution >= 4 is 11.6 Å². The van der Waals surface area contributed by atoms with E-state index in [2.05, 4.69) is 4.98 Å². The minimum atomic E-state index is -0.119. The van der Waals surface area contributed by atoms with Crippen LogP contribution >= 0.6 is 0 Å². The quantitative estimate of drug-likeness (QED) is 0.800. The predicted octanol–water partition coefficient (Wildman–Crippen LogP) is 3.16. The van der Waals surface area contributed by atoms with Crippen molar-refractivity contribution < 1.29 is 14.3 Å². The van der Waals surface area contributed by atoms with Crippen molar-refractivity contribution in [3.63, 3.8) is 0 Å². The number of hydrogen-bond acceptors (Lipinski definition) is 4. The van der Waals surface area contributed by atoms with Gasteiger partial charge in [-0.25, -0.2) is 0 Å². The number of hydrogen-bond donors (Lipinski definition) is 0. The van der Waals surface area contributed by atoms with Crippen LogP contribution in [0.5, 0.6) is 5.75 Å². The molecule has 0 spiro atoms. The van der Waals surface area contributed by atoms with Crippen molar-refractivity contribution in [3.05, 3.63) is 47.8 Å². The van der Waals surface area contributed by atoms with Crippen LogP contribution in [0, 0.1) is 0 Å². The highest BCUT2D eigenvalue weighted by Gasteiger charge is 2.17. The van der Waals surface area contributed by atoms with Gasteiger partial charge in [0.15, 0.2) is 11.6 Å². The average Bonchev–Trinajstić information content (AvgIpc) is 2.46. The molecule has 1 aromatic heterocycles. The molecular weight excluding hydrogens is 254 g/mol. The molecule has 0 bridgehead atoms. The van der Waals surface area contributed by atoms with Gasteiger partial charge in [0.25, 0.3) is 0 Å². The van der Waals surface area contributed by atoms with Gasteiger partial charge in [0, 0.05) is 29.1 Å². The summed E-state index contributed by atoms with van der Waals surface area (Å²) in [5.74, 6) is 0.481. The molecule has 0 atom stereocenters. The first-order valence-corrected chi connectivity index (χ1v) is 6.19. The van der Waals surface area contributed by atoms with Crippen LogP contribution < -0.4 is 4.74 Å². The van der Waals surface area contributed by atoms with Gasteiger partial charge in [-0.2, -0.15) is 0 Å². The molecule has 0 aliphatic carbocycles. The van der Waals surface area contributed by atoms with E-state index in [0.29, 0.717) is 16.7 Å². The molecular formula is C16H15NO3. The molecule has 102 valence electrons. The SMILES string of the molecule is COc1ccc(-c2c(C(C)=O)cncc2C(C)=O)cc1. The Morgan fingerprint density at radius 2 is 1.45 bits per heavy atom. The number of rotatable bonds is 4. The summed E-state index contributed by atoms with van der Waals surface area (Å²) in [6.07, 6.45) is 2.99. The van der Waals surface area contributed by atoms with Gasteiger partial charge in [-0.1, -0.05) is 12.1 Å². The van der Waals surface area contributed by atoms with Crippen LogP contribution in [0.25, 0.3) is 11.1 Å². The third-order valence-electron chi connectivity index (χ3n) is 3.08. The third kappa shape index (κ3) is 2.59. The number of Topliss-reactive ketones (excluding diaryl/α,β-unsaturated/α-hetero) is 2. The van der Waals surface area contributed by atoms with Crippen LogP contribution in [0.15, 0.2) is 36.7 Å². The van der Waals surface area contributed by atoms with Crippen LogP contribution in [0.4, 0.5) is 0 Å². The van der Waals surface area contributed by atoms with Gasteiger partial charge in [-0.15, -0.1) is 0 Å². The number of pyridine rings is 1. The Balaban J connectivity index is 2.68. The Labute approximate surface area is 117 Å². The fraction of sp³-hybridized carbons (Fsp3) is 0.188. The molecule has 1 heterocycles. The molecule has 0 N–H and O–H groups in total. The van der Waals surface area contributed by atoms with Gasteiger partial charge in [-0.3, -0.25) is 14.6 Å². The summed E-state index contributed by atoms with van der Waals surface area (Å²) in [5, 5.41) is 0. The summed E-state index contributed by atoms with van der Waals surface area (Å²) in [4.78, 5) is 27.5. The van der Waals surface area contributed by atoms with Crippen molar-refractivity contribution in [2.45, 2.75) is 13.8 Å². The zero-order valence-electron chi connectivity index (χ0n) is 11.6. The molecule has 0 saturated carbocycles. The summed E-state index contributed by atoms with van der Waals surface area (Å²) in [5.41, 5.74) is 2.32. The van der Waals surface area contributed by atoms with Crippen molar-refractivity contribution in [1.29, 1.82) is 0 Å². The maximum atomic E-state index is 11.8. The Bertz CT molecular complexity index is 628. The highest BCUT2D eigenvalue weighted by atomic mass is 16.5. The lowest BCUT2D eigenvalue weighted by Gasteiger charge is -2.11. The Morgan fingerprint density at radius 3 is 1.85 bits per heavy atom. The van der Waals surface area contributed by atoms with E-state index < -0.39 is 0 Å². The van der Waals surface area contributed by atoms with Crippen LogP contribution in [-0.4, -0.2) is 23.7 Å². The molecule has 2 aromatic rings. The van der Waals surface area contributed by atoms with E-state index in [9.17, 15) is 9.59 Å². The first kappa shape index (κ1) is 13.9. The number of ketones is 2. The Kier molecular flexibility index (Phi) is 3.94. The highest BCUT2D eigenvalue weighted by molar-refractivity contribution is 6.08. The Hall–Kier alpha value is -2.49. The lowest BCUT2D eigenvalue weighted by Crippen LogP contribution is -2.05. The predicted molar refractivity (Wildman–Crippen MR) is 76.2 cm³/mol. The largest absolute Gasteiger partial charge is 0.497 e. The zero-order valence-corrected chi connectivity index (χ0v) is 11.6. The number of ether oxygens (including phenoxy) is 1. The molecule has 4 nitrogen and oxygen atoms in total. The number of carbonyl (C=O) groups is 2. The first-order chi connectivity index (χ1) is 9.54. The van der Waals surface area contributed by atoms with Gasteiger partial charge < -0.3 is 4.74 Å². The van der Waals surface area contributed by atoms with E-state index in [4.69, 9.17) is 4.74 Å². The maximum Gasteiger partial charge on any atom is 0.161 e. The number of benzene rings is 1. The molecule has 0 saturated heterocycles. The molecule has 2 rings (SSSR count). The van der Waals surface area contributed by atoms with Crippen LogP contribution in [0.3, 0.4) is 0 Å². The molecule has 0 radical (unpaired) electrons. The fourth-order valence-electron chi connectivity index (χ4n) is 2.06. The Morgan fingerprint density at radius 1 is 0.950 bits per heavy atom. The minimum absolute atomic E-state index is 0.119. The van der Waals surface area contributed by atoms with Crippen LogP contribution in [0.2, 0.25) is 0 Å². The monoisotopic (exact) mass is 269 g/mol. The fourth-order valence-corrected chi connectivity index (χ4v) is 2.06. The van der Waals surface area contributed by atoms with Crippen molar-refractivity contribution in [1.82, 2.24) is 4.98 Å². The molecule has 0 aliphatic heterocycles. The van der Waals surface area contributed by atoms with E-state index in [0.717, 1.165) is 11.3 Å². The number of carbonyl (C=O) groups excluding carboxylic acids is 2. The smallest absolute Gasteiger partial charge is 0.161 e. The number of aromatic nitrogens is 1. The van der Waals surface area contributed by atoms with Crippen molar-refractivity contribution in [2.75, 3.05) is 7.11 Å². The molecule has 20 heavy (non-hydrogen) atoms. The van der Waals surface area contributed by atoms with Crippen molar-refractivity contribution in [3.8, 4) is 16.9 Å². The first-order valence-electron chi connectivity index (χ1n) is 6.19. The van der Waals surface area contributed by atoms with E-state index >= 15 is 0 Å². The van der Waals surface area contributed by atoms with Gasteiger partial charge in [0.05, 0.1) is 7.11 Å². The zero-order chi connectivity index (χ0) is 14.7. The number of methoxy groups -OCH3 is 1. The topological polar surface area (TPSA) is 56.3 Å². The second-order valence-corrected chi connectivity index (χ2v) is 4.45. The summed E-state index contributed by atoms with van der Waals surface area (Å²) in [6, 6.07) is 7.24. The van der Waals surface area contributed by atoms with Crippen molar-refractivity contribution in [2.24, 2.45) is 0 Å². The van der Waals surface area contributed by atoms with E-state index in [1.54, 1.807) is 19.2 Å². The third-order valence-corrected chi connectivity index (χ3v) is 3.08. The number of nitrogens with zero attached hydrogens (tertiary/aromatic N) is 1. The minimum Gasteiger partial charge on any atom is -0.497 e. The standard InChI is InChI=1S/C16H15NO3/c1-10(18)14-8-17-9-15(11(2)19)16(14)12-4-6-13(20-3)7-5-12/h4-9H,1-3H3. The van der Waals surface area contributed by atoms with E-state index in [1.165, 1.54) is 26.2 Å². The normalized spacial score (nSPS) is 10.2. The van der Waals surface area contributed by atoms with Gasteiger partial charge in [0.2, 0.25) is 0 Å². The molecule has 0 aliphatic rings. The molecule has 4 heteroatoms. The lowest BCUT2D eigenvalue weighted by atomic mass is 9.93. The summed E-state index contributed by atoms with van der Waals surface area (Å²) in [7, 11) is 1.59. The van der Waals surface area contributed by atoms with Gasteiger partial charge in [-0.05, 0) is 31.5 Å². The average molecular weight is 269 g/mol. The summed E-state index contributed by atoms with van der Waals surface area (Å²) < 4.78 is 5.11. The van der Waals surface area contributed by atoms with E-state index in [-0.39, 0.29) is 11.6 Å². The lowest BCUT2D eigenvalue weighted by molar-refractivity contribution is 0.101. The molecule has 1 aromatic carbocycles. The summed E-state index contributed by atoms with van der Waals surface area (Å²) in [6.45, 7) is 2.93. The summed E-state index contributed by atoms with van der Waals surface area (Å²) >= 11 is 0.